The fraction of sp³-hybridized carbons (Fsp3) is 0.353. The van der Waals surface area contributed by atoms with Crippen molar-refractivity contribution < 1.29 is 0 Å². The number of halogens is 1. The number of hydrogen-bond donors (Lipinski definition) is 1. The van der Waals surface area contributed by atoms with E-state index in [-0.39, 0.29) is 12.1 Å². The standard InChI is InChI=1S/C17H22ClN3/c1-12(19-3)14-9-7-11-20-17(14)21(4)13(2)15-8-5-6-10-16(15)18/h5-13,19H,1-4H3. The predicted molar refractivity (Wildman–Crippen MR) is 90.0 cm³/mol. The number of pyridine rings is 1. The third-order valence-corrected chi connectivity index (χ3v) is 4.33. The third-order valence-electron chi connectivity index (χ3n) is 3.99. The molecule has 112 valence electrons. The molecule has 1 aromatic carbocycles. The first-order valence-electron chi connectivity index (χ1n) is 7.15. The molecule has 0 aliphatic rings. The minimum atomic E-state index is 0.149. The van der Waals surface area contributed by atoms with Gasteiger partial charge < -0.3 is 10.2 Å². The number of anilines is 1. The first-order valence-corrected chi connectivity index (χ1v) is 7.53. The van der Waals surface area contributed by atoms with Crippen LogP contribution in [-0.4, -0.2) is 19.1 Å². The van der Waals surface area contributed by atoms with Crippen LogP contribution in [0.4, 0.5) is 5.82 Å². The second kappa shape index (κ2) is 6.92. The molecule has 1 N–H and O–H groups in total. The highest BCUT2D eigenvalue weighted by molar-refractivity contribution is 6.31. The summed E-state index contributed by atoms with van der Waals surface area (Å²) in [4.78, 5) is 6.74. The van der Waals surface area contributed by atoms with Gasteiger partial charge in [0, 0.05) is 29.9 Å². The van der Waals surface area contributed by atoms with Gasteiger partial charge in [-0.15, -0.1) is 0 Å². The molecule has 2 unspecified atom stereocenters. The molecule has 4 heteroatoms. The SMILES string of the molecule is CNC(C)c1cccnc1N(C)C(C)c1ccccc1Cl. The Labute approximate surface area is 132 Å². The Kier molecular flexibility index (Phi) is 5.21. The second-order valence-corrected chi connectivity index (χ2v) is 5.64. The number of aromatic nitrogens is 1. The Morgan fingerprint density at radius 3 is 2.43 bits per heavy atom. The molecule has 0 aliphatic heterocycles. The number of benzene rings is 1. The minimum Gasteiger partial charge on any atom is -0.353 e. The molecule has 0 radical (unpaired) electrons. The van der Waals surface area contributed by atoms with E-state index in [0.29, 0.717) is 0 Å². The summed E-state index contributed by atoms with van der Waals surface area (Å²) >= 11 is 6.32. The fourth-order valence-corrected chi connectivity index (χ4v) is 2.70. The van der Waals surface area contributed by atoms with Crippen LogP contribution in [0.3, 0.4) is 0 Å². The van der Waals surface area contributed by atoms with E-state index in [1.807, 2.05) is 37.5 Å². The molecule has 2 rings (SSSR count). The summed E-state index contributed by atoms with van der Waals surface area (Å²) in [5.74, 6) is 0.978. The van der Waals surface area contributed by atoms with E-state index in [2.05, 4.69) is 48.2 Å². The summed E-state index contributed by atoms with van der Waals surface area (Å²) in [6.07, 6.45) is 1.83. The number of rotatable bonds is 5. The normalized spacial score (nSPS) is 13.8. The molecule has 0 saturated carbocycles. The van der Waals surface area contributed by atoms with Crippen molar-refractivity contribution in [2.24, 2.45) is 0 Å². The maximum atomic E-state index is 6.32. The number of nitrogens with zero attached hydrogens (tertiary/aromatic N) is 2. The highest BCUT2D eigenvalue weighted by atomic mass is 35.5. The van der Waals surface area contributed by atoms with Crippen molar-refractivity contribution >= 4 is 17.4 Å². The van der Waals surface area contributed by atoms with E-state index in [9.17, 15) is 0 Å². The molecule has 0 aliphatic carbocycles. The van der Waals surface area contributed by atoms with Crippen LogP contribution in [0, 0.1) is 0 Å². The summed E-state index contributed by atoms with van der Waals surface area (Å²) in [5.41, 5.74) is 2.29. The van der Waals surface area contributed by atoms with Crippen molar-refractivity contribution in [2.75, 3.05) is 19.0 Å². The van der Waals surface area contributed by atoms with Gasteiger partial charge in [-0.1, -0.05) is 35.9 Å². The average molecular weight is 304 g/mol. The summed E-state index contributed by atoms with van der Waals surface area (Å²) in [7, 11) is 4.02. The fourth-order valence-electron chi connectivity index (χ4n) is 2.40. The molecular weight excluding hydrogens is 282 g/mol. The van der Waals surface area contributed by atoms with E-state index in [1.54, 1.807) is 0 Å². The van der Waals surface area contributed by atoms with Gasteiger partial charge in [-0.2, -0.15) is 0 Å². The van der Waals surface area contributed by atoms with E-state index in [0.717, 1.165) is 16.4 Å². The second-order valence-electron chi connectivity index (χ2n) is 5.23. The molecule has 0 saturated heterocycles. The summed E-state index contributed by atoms with van der Waals surface area (Å²) in [6.45, 7) is 4.28. The Balaban J connectivity index is 2.36. The molecular formula is C17H22ClN3. The summed E-state index contributed by atoms with van der Waals surface area (Å²) in [5, 5.41) is 4.06. The lowest BCUT2D eigenvalue weighted by Gasteiger charge is -2.30. The maximum absolute atomic E-state index is 6.32. The monoisotopic (exact) mass is 303 g/mol. The van der Waals surface area contributed by atoms with Gasteiger partial charge in [0.25, 0.3) is 0 Å². The van der Waals surface area contributed by atoms with Crippen LogP contribution in [0.15, 0.2) is 42.6 Å². The number of hydrogen-bond acceptors (Lipinski definition) is 3. The van der Waals surface area contributed by atoms with E-state index >= 15 is 0 Å². The van der Waals surface area contributed by atoms with Crippen molar-refractivity contribution in [3.63, 3.8) is 0 Å². The third kappa shape index (κ3) is 3.36. The highest BCUT2D eigenvalue weighted by Gasteiger charge is 2.20. The topological polar surface area (TPSA) is 28.2 Å². The molecule has 1 aromatic heterocycles. The van der Waals surface area contributed by atoms with Crippen molar-refractivity contribution in [1.29, 1.82) is 0 Å². The van der Waals surface area contributed by atoms with Gasteiger partial charge in [-0.05, 0) is 38.6 Å². The Morgan fingerprint density at radius 1 is 1.10 bits per heavy atom. The maximum Gasteiger partial charge on any atom is 0.133 e. The van der Waals surface area contributed by atoms with Crippen molar-refractivity contribution in [1.82, 2.24) is 10.3 Å². The molecule has 0 spiro atoms. The van der Waals surface area contributed by atoms with Gasteiger partial charge in [0.2, 0.25) is 0 Å². The molecule has 0 bridgehead atoms. The Hall–Kier alpha value is -1.58. The van der Waals surface area contributed by atoms with Gasteiger partial charge in [-0.25, -0.2) is 4.98 Å². The van der Waals surface area contributed by atoms with Crippen molar-refractivity contribution in [2.45, 2.75) is 25.9 Å². The zero-order valence-electron chi connectivity index (χ0n) is 13.0. The van der Waals surface area contributed by atoms with E-state index in [4.69, 9.17) is 11.6 Å². The number of nitrogens with one attached hydrogen (secondary N) is 1. The van der Waals surface area contributed by atoms with Crippen molar-refractivity contribution in [3.05, 3.63) is 58.7 Å². The zero-order chi connectivity index (χ0) is 15.4. The largest absolute Gasteiger partial charge is 0.353 e. The van der Waals surface area contributed by atoms with Crippen LogP contribution >= 0.6 is 11.6 Å². The first kappa shape index (κ1) is 15.8. The summed E-state index contributed by atoms with van der Waals surface area (Å²) < 4.78 is 0. The summed E-state index contributed by atoms with van der Waals surface area (Å²) in [6, 6.07) is 12.4. The first-order chi connectivity index (χ1) is 10.1. The van der Waals surface area contributed by atoms with Crippen LogP contribution in [0.5, 0.6) is 0 Å². The molecule has 21 heavy (non-hydrogen) atoms. The lowest BCUT2D eigenvalue weighted by atomic mass is 10.0. The average Bonchev–Trinajstić information content (AvgIpc) is 2.53. The lowest BCUT2D eigenvalue weighted by molar-refractivity contribution is 0.637. The van der Waals surface area contributed by atoms with E-state index in [1.165, 1.54) is 5.56 Å². The van der Waals surface area contributed by atoms with Crippen LogP contribution < -0.4 is 10.2 Å². The smallest absolute Gasteiger partial charge is 0.133 e. The predicted octanol–water partition coefficient (Wildman–Crippen LogP) is 4.21. The van der Waals surface area contributed by atoms with Crippen molar-refractivity contribution in [3.8, 4) is 0 Å². The Morgan fingerprint density at radius 2 is 1.76 bits per heavy atom. The van der Waals surface area contributed by atoms with Gasteiger partial charge in [0.1, 0.15) is 5.82 Å². The molecule has 2 aromatic rings. The van der Waals surface area contributed by atoms with E-state index < -0.39 is 0 Å². The molecule has 2 atom stereocenters. The Bertz CT molecular complexity index is 600. The van der Waals surface area contributed by atoms with Crippen LogP contribution in [0.2, 0.25) is 5.02 Å². The molecule has 1 heterocycles. The van der Waals surface area contributed by atoms with Gasteiger partial charge >= 0.3 is 0 Å². The zero-order valence-corrected chi connectivity index (χ0v) is 13.7. The molecule has 0 fully saturated rings. The molecule has 3 nitrogen and oxygen atoms in total. The minimum absolute atomic E-state index is 0.149. The quantitative estimate of drug-likeness (QED) is 0.896. The van der Waals surface area contributed by atoms with Gasteiger partial charge in [0.05, 0.1) is 6.04 Å². The highest BCUT2D eigenvalue weighted by Crippen LogP contribution is 2.32. The van der Waals surface area contributed by atoms with Crippen LogP contribution in [0.25, 0.3) is 0 Å². The lowest BCUT2D eigenvalue weighted by Crippen LogP contribution is -2.26. The molecule has 0 amide bonds. The van der Waals surface area contributed by atoms with Gasteiger partial charge in [-0.3, -0.25) is 0 Å². The van der Waals surface area contributed by atoms with Crippen LogP contribution in [0.1, 0.15) is 37.1 Å². The van der Waals surface area contributed by atoms with Crippen LogP contribution in [-0.2, 0) is 0 Å². The van der Waals surface area contributed by atoms with Gasteiger partial charge in [0.15, 0.2) is 0 Å².